The third kappa shape index (κ3) is 9.33. The van der Waals surface area contributed by atoms with Gasteiger partial charge in [0.1, 0.15) is 23.8 Å². The molecule has 16 heteroatoms. The van der Waals surface area contributed by atoms with Crippen molar-refractivity contribution in [3.8, 4) is 11.1 Å². The van der Waals surface area contributed by atoms with E-state index < -0.39 is 36.5 Å². The zero-order chi connectivity index (χ0) is 45.1. The zero-order valence-corrected chi connectivity index (χ0v) is 37.7. The summed E-state index contributed by atoms with van der Waals surface area (Å²) < 4.78 is 20.5. The van der Waals surface area contributed by atoms with Gasteiger partial charge in [-0.1, -0.05) is 55.5 Å². The number of amidine groups is 2. The van der Waals surface area contributed by atoms with Gasteiger partial charge in [0, 0.05) is 26.3 Å². The van der Waals surface area contributed by atoms with Crippen LogP contribution in [0.4, 0.5) is 9.59 Å². The Balaban J connectivity index is 0.987. The maximum atomic E-state index is 14.0. The Labute approximate surface area is 369 Å². The number of carbonyl (C=O) groups is 4. The van der Waals surface area contributed by atoms with Crippen LogP contribution in [-0.2, 0) is 28.5 Å². The minimum absolute atomic E-state index is 0.0341. The number of hydrogen-bond acceptors (Lipinski definition) is 12. The monoisotopic (exact) mass is 866 g/mol. The number of rotatable bonds is 13. The van der Waals surface area contributed by atoms with Crippen LogP contribution in [0.3, 0.4) is 0 Å². The van der Waals surface area contributed by atoms with Crippen molar-refractivity contribution in [2.45, 2.75) is 114 Å². The van der Waals surface area contributed by atoms with Crippen LogP contribution in [-0.4, -0.2) is 135 Å². The standard InChI is InChI=1S/C47H62N8O8/c1-25-20-39(55(27(25)3)45(57)41(29(5)61-7)53-47(59)63-9)43-49-23-36(50-43)31-13-11-30(12-14-31)32-15-16-34-22-35(18-17-33(34)21-32)37-24-48-42(51-37)38-19-10-26(2)54(38)44(56)40(28(4)60-6)52-46(58)62-8/h11-18,21-22,25-29,36-41H,10,19-20,23-24H2,1-9H3,(H,48,51)(H,49,50)(H,52,58)(H,53,59)/t25-,26-,27-,28-,29-,36?,37?,38+,39+,40+,41+/m1/s1. The van der Waals surface area contributed by atoms with E-state index in [-0.39, 0.29) is 54.0 Å². The van der Waals surface area contributed by atoms with E-state index in [0.717, 1.165) is 64.0 Å². The molecule has 0 saturated carbocycles. The SMILES string of the molecule is COC(=O)N[C@H](C(=O)N1[C@H](C)CC[C@H]1C1=NCC(c2ccc3cc(-c4ccc(C5CN=C([C@@H]6C[C@@H](C)[C@@H](C)N6C(=O)[C@@H](NC(=O)OC)[C@@H](C)OC)N5)cc4)ccc3c2)N1)[C@@H](C)OC. The van der Waals surface area contributed by atoms with Gasteiger partial charge in [0.2, 0.25) is 11.8 Å². The molecule has 0 aliphatic carbocycles. The number of hydrogen-bond donors (Lipinski definition) is 4. The fourth-order valence-corrected chi connectivity index (χ4v) is 9.43. The van der Waals surface area contributed by atoms with Crippen LogP contribution in [0, 0.1) is 5.92 Å². The zero-order valence-electron chi connectivity index (χ0n) is 37.7. The maximum Gasteiger partial charge on any atom is 0.407 e. The Kier molecular flexibility index (Phi) is 13.9. The van der Waals surface area contributed by atoms with Crippen molar-refractivity contribution in [1.82, 2.24) is 31.1 Å². The Morgan fingerprint density at radius 3 is 1.75 bits per heavy atom. The number of likely N-dealkylation sites (tertiary alicyclic amines) is 2. The molecule has 2 fully saturated rings. The van der Waals surface area contributed by atoms with E-state index >= 15 is 0 Å². The first-order valence-corrected chi connectivity index (χ1v) is 21.9. The second-order valence-corrected chi connectivity index (χ2v) is 17.3. The van der Waals surface area contributed by atoms with E-state index in [0.29, 0.717) is 13.1 Å². The molecule has 4 aliphatic rings. The number of alkyl carbamates (subject to hydrolysis) is 2. The molecule has 7 rings (SSSR count). The van der Waals surface area contributed by atoms with Gasteiger partial charge in [0.15, 0.2) is 0 Å². The smallest absolute Gasteiger partial charge is 0.407 e. The lowest BCUT2D eigenvalue weighted by atomic mass is 9.96. The van der Waals surface area contributed by atoms with Gasteiger partial charge in [0.25, 0.3) is 0 Å². The highest BCUT2D eigenvalue weighted by Gasteiger charge is 2.47. The molecule has 11 atom stereocenters. The maximum absolute atomic E-state index is 14.0. The van der Waals surface area contributed by atoms with Crippen molar-refractivity contribution in [3.63, 3.8) is 0 Å². The lowest BCUT2D eigenvalue weighted by Crippen LogP contribution is -2.58. The highest BCUT2D eigenvalue weighted by atomic mass is 16.5. The van der Waals surface area contributed by atoms with Crippen LogP contribution in [0.15, 0.2) is 70.6 Å². The Hall–Kier alpha value is -5.74. The average molecular weight is 867 g/mol. The van der Waals surface area contributed by atoms with Crippen molar-refractivity contribution < 1.29 is 38.1 Å². The summed E-state index contributed by atoms with van der Waals surface area (Å²) in [6.45, 7) is 10.8. The number of nitrogens with zero attached hydrogens (tertiary/aromatic N) is 4. The second-order valence-electron chi connectivity index (χ2n) is 17.3. The van der Waals surface area contributed by atoms with E-state index in [1.54, 1.807) is 13.8 Å². The Morgan fingerprint density at radius 2 is 1.16 bits per heavy atom. The van der Waals surface area contributed by atoms with Crippen LogP contribution in [0.2, 0.25) is 0 Å². The predicted molar refractivity (Wildman–Crippen MR) is 241 cm³/mol. The van der Waals surface area contributed by atoms with E-state index in [9.17, 15) is 19.2 Å². The second kappa shape index (κ2) is 19.3. The quantitative estimate of drug-likeness (QED) is 0.180. The minimum Gasteiger partial charge on any atom is -0.453 e. The molecule has 4 amide bonds. The lowest BCUT2D eigenvalue weighted by molar-refractivity contribution is -0.139. The Morgan fingerprint density at radius 1 is 0.651 bits per heavy atom. The van der Waals surface area contributed by atoms with Crippen LogP contribution in [0.25, 0.3) is 21.9 Å². The number of nitrogens with one attached hydrogen (secondary N) is 4. The van der Waals surface area contributed by atoms with Gasteiger partial charge in [-0.25, -0.2) is 9.59 Å². The van der Waals surface area contributed by atoms with Crippen LogP contribution < -0.4 is 21.3 Å². The molecule has 0 bridgehead atoms. The summed E-state index contributed by atoms with van der Waals surface area (Å²) in [6, 6.07) is 19.1. The van der Waals surface area contributed by atoms with Crippen molar-refractivity contribution in [3.05, 3.63) is 71.8 Å². The molecule has 4 heterocycles. The lowest BCUT2D eigenvalue weighted by Gasteiger charge is -2.34. The molecular formula is C47H62N8O8. The molecule has 4 aliphatic heterocycles. The van der Waals surface area contributed by atoms with Gasteiger partial charge >= 0.3 is 12.2 Å². The fraction of sp³-hybridized carbons (Fsp3) is 0.532. The third-order valence-electron chi connectivity index (χ3n) is 13.6. The summed E-state index contributed by atoms with van der Waals surface area (Å²) in [7, 11) is 5.57. The summed E-state index contributed by atoms with van der Waals surface area (Å²) in [4.78, 5) is 65.8. The van der Waals surface area contributed by atoms with Gasteiger partial charge in [-0.2, -0.15) is 0 Å². The highest BCUT2D eigenvalue weighted by Crippen LogP contribution is 2.35. The van der Waals surface area contributed by atoms with Gasteiger partial charge in [-0.15, -0.1) is 0 Å². The first-order valence-electron chi connectivity index (χ1n) is 21.9. The normalized spacial score (nSPS) is 26.2. The van der Waals surface area contributed by atoms with Crippen molar-refractivity contribution in [2.75, 3.05) is 41.5 Å². The van der Waals surface area contributed by atoms with Crippen LogP contribution in [0.1, 0.15) is 77.1 Å². The number of methoxy groups -OCH3 is 4. The van der Waals surface area contributed by atoms with Gasteiger partial charge in [-0.05, 0) is 98.0 Å². The van der Waals surface area contributed by atoms with Crippen molar-refractivity contribution in [2.24, 2.45) is 15.9 Å². The molecule has 63 heavy (non-hydrogen) atoms. The summed E-state index contributed by atoms with van der Waals surface area (Å²) in [5.41, 5.74) is 4.42. The Bertz CT molecular complexity index is 2230. The molecule has 2 unspecified atom stereocenters. The van der Waals surface area contributed by atoms with E-state index in [1.807, 2.05) is 23.6 Å². The predicted octanol–water partition coefficient (Wildman–Crippen LogP) is 5.12. The van der Waals surface area contributed by atoms with E-state index in [1.165, 1.54) is 28.4 Å². The number of benzene rings is 3. The molecular weight excluding hydrogens is 805 g/mol. The number of fused-ring (bicyclic) bond motifs is 1. The van der Waals surface area contributed by atoms with E-state index in [4.69, 9.17) is 28.9 Å². The molecule has 2 saturated heterocycles. The molecule has 0 aromatic heterocycles. The van der Waals surface area contributed by atoms with Gasteiger partial charge in [-0.3, -0.25) is 19.6 Å². The molecule has 338 valence electrons. The first-order chi connectivity index (χ1) is 30.3. The van der Waals surface area contributed by atoms with E-state index in [2.05, 4.69) is 88.9 Å². The minimum atomic E-state index is -0.908. The van der Waals surface area contributed by atoms with Crippen LogP contribution >= 0.6 is 0 Å². The molecule has 0 radical (unpaired) electrons. The van der Waals surface area contributed by atoms with Crippen molar-refractivity contribution >= 4 is 46.4 Å². The largest absolute Gasteiger partial charge is 0.453 e. The molecule has 16 nitrogen and oxygen atoms in total. The molecule has 3 aromatic rings. The topological polar surface area (TPSA) is 185 Å². The number of carbonyl (C=O) groups excluding carboxylic acids is 4. The third-order valence-corrected chi connectivity index (χ3v) is 13.6. The molecule has 3 aromatic carbocycles. The van der Waals surface area contributed by atoms with Crippen molar-refractivity contribution in [1.29, 1.82) is 0 Å². The summed E-state index contributed by atoms with van der Waals surface area (Å²) in [5, 5.41) is 14.8. The number of aliphatic imine (C=N–C) groups is 2. The number of ether oxygens (including phenoxy) is 4. The summed E-state index contributed by atoms with van der Waals surface area (Å²) in [5.74, 6) is 1.34. The first kappa shape index (κ1) is 45.3. The summed E-state index contributed by atoms with van der Waals surface area (Å²) >= 11 is 0. The number of amides is 4. The van der Waals surface area contributed by atoms with Gasteiger partial charge in [0.05, 0.1) is 63.7 Å². The fourth-order valence-electron chi connectivity index (χ4n) is 9.43. The summed E-state index contributed by atoms with van der Waals surface area (Å²) in [6.07, 6.45) is -0.156. The highest BCUT2D eigenvalue weighted by molar-refractivity contribution is 5.97. The molecule has 0 spiro atoms. The van der Waals surface area contributed by atoms with Gasteiger partial charge < -0.3 is 50.0 Å². The van der Waals surface area contributed by atoms with Crippen LogP contribution in [0.5, 0.6) is 0 Å². The average Bonchev–Trinajstić information content (AvgIpc) is 4.13. The molecule has 4 N–H and O–H groups in total.